The van der Waals surface area contributed by atoms with Crippen LogP contribution in [0.15, 0.2) is 27.9 Å². The monoisotopic (exact) mass is 450 g/mol. The summed E-state index contributed by atoms with van der Waals surface area (Å²) in [4.78, 5) is 14.0. The highest BCUT2D eigenvalue weighted by molar-refractivity contribution is 6.36. The summed E-state index contributed by atoms with van der Waals surface area (Å²) in [6, 6.07) is 4.96. The molecule has 11 nitrogen and oxygen atoms in total. The first-order valence-corrected chi connectivity index (χ1v) is 9.93. The van der Waals surface area contributed by atoms with Gasteiger partial charge in [-0.2, -0.15) is 9.78 Å². The Kier molecular flexibility index (Phi) is 5.93. The molecule has 4 rings (SSSR count). The van der Waals surface area contributed by atoms with Crippen LogP contribution in [0.1, 0.15) is 34.6 Å². The molecule has 1 aliphatic rings. The lowest BCUT2D eigenvalue weighted by atomic mass is 10.2. The molecule has 4 N–H and O–H groups in total. The van der Waals surface area contributed by atoms with Crippen molar-refractivity contribution >= 4 is 41.1 Å². The van der Waals surface area contributed by atoms with E-state index in [1.807, 2.05) is 0 Å². The molecule has 1 aromatic carbocycles. The largest absolute Gasteiger partial charge is 0.378 e. The van der Waals surface area contributed by atoms with Crippen LogP contribution in [-0.2, 0) is 6.54 Å². The zero-order chi connectivity index (χ0) is 21.1. The van der Waals surface area contributed by atoms with Crippen LogP contribution < -0.4 is 16.1 Å². The van der Waals surface area contributed by atoms with Gasteiger partial charge in [-0.25, -0.2) is 10.1 Å². The Bertz CT molecular complexity index is 1090. The third-order valence-electron chi connectivity index (χ3n) is 4.73. The lowest BCUT2D eigenvalue weighted by Crippen LogP contribution is -3.08. The average Bonchev–Trinajstić information content (AvgIpc) is 3.45. The fourth-order valence-electron chi connectivity index (χ4n) is 3.25. The molecule has 3 aromatic rings. The van der Waals surface area contributed by atoms with E-state index in [0.29, 0.717) is 27.8 Å². The van der Waals surface area contributed by atoms with Gasteiger partial charge in [-0.3, -0.25) is 4.79 Å². The lowest BCUT2D eigenvalue weighted by molar-refractivity contribution is -0.901. The normalized spacial score (nSPS) is 14.6. The van der Waals surface area contributed by atoms with Gasteiger partial charge in [-0.15, -0.1) is 5.10 Å². The molecule has 1 fully saturated rings. The maximum Gasteiger partial charge on any atom is 0.294 e. The van der Waals surface area contributed by atoms with E-state index in [2.05, 4.69) is 35.8 Å². The topological polar surface area (TPSA) is 142 Å². The summed E-state index contributed by atoms with van der Waals surface area (Å²) in [7, 11) is 0. The highest BCUT2D eigenvalue weighted by atomic mass is 35.5. The molecule has 0 unspecified atom stereocenters. The summed E-state index contributed by atoms with van der Waals surface area (Å²) in [5.41, 5.74) is 9.52. The maximum absolute atomic E-state index is 12.7. The van der Waals surface area contributed by atoms with Gasteiger partial charge in [0.15, 0.2) is 5.69 Å². The molecular formula is C17H18Cl2N9O2+. The quantitative estimate of drug-likeness (QED) is 0.366. The van der Waals surface area contributed by atoms with E-state index in [1.54, 1.807) is 18.2 Å². The molecule has 0 radical (unpaired) electrons. The number of hydrazone groups is 1. The number of hydrogen-bond donors (Lipinski definition) is 3. The SMILES string of the molecule is Nc1nonc1-n1nnc(C(=O)NN=Cc2ccc(Cl)cc2Cl)c1C[NH+]1CCCC1. The third-order valence-corrected chi connectivity index (χ3v) is 5.30. The van der Waals surface area contributed by atoms with Crippen molar-refractivity contribution in [3.05, 3.63) is 45.2 Å². The molecule has 0 bridgehead atoms. The molecule has 0 spiro atoms. The first-order chi connectivity index (χ1) is 14.5. The molecule has 0 aliphatic carbocycles. The van der Waals surface area contributed by atoms with Crippen molar-refractivity contribution in [2.24, 2.45) is 5.10 Å². The molecule has 1 amide bonds. The summed E-state index contributed by atoms with van der Waals surface area (Å²) in [5.74, 6) is -0.280. The van der Waals surface area contributed by atoms with Crippen LogP contribution in [0, 0.1) is 0 Å². The highest BCUT2D eigenvalue weighted by Crippen LogP contribution is 2.19. The van der Waals surface area contributed by atoms with Gasteiger partial charge in [0.05, 0.1) is 24.3 Å². The number of amides is 1. The number of benzene rings is 1. The Balaban J connectivity index is 1.57. The molecule has 13 heteroatoms. The molecule has 0 saturated carbocycles. The van der Waals surface area contributed by atoms with Crippen molar-refractivity contribution in [2.75, 3.05) is 18.8 Å². The number of quaternary nitrogens is 1. The minimum absolute atomic E-state index is 0.0555. The number of halogens is 2. The molecular weight excluding hydrogens is 433 g/mol. The number of carbonyl (C=O) groups excluding carboxylic acids is 1. The van der Waals surface area contributed by atoms with Gasteiger partial charge in [0, 0.05) is 23.4 Å². The fourth-order valence-corrected chi connectivity index (χ4v) is 3.71. The van der Waals surface area contributed by atoms with Crippen LogP contribution in [0.2, 0.25) is 10.0 Å². The van der Waals surface area contributed by atoms with Crippen LogP contribution in [0.3, 0.4) is 0 Å². The van der Waals surface area contributed by atoms with Crippen molar-refractivity contribution in [1.82, 2.24) is 30.7 Å². The zero-order valence-electron chi connectivity index (χ0n) is 15.7. The van der Waals surface area contributed by atoms with Crippen molar-refractivity contribution in [1.29, 1.82) is 0 Å². The number of hydrogen-bond acceptors (Lipinski definition) is 8. The van der Waals surface area contributed by atoms with Gasteiger partial charge in [-0.05, 0) is 22.4 Å². The Morgan fingerprint density at radius 3 is 2.83 bits per heavy atom. The summed E-state index contributed by atoms with van der Waals surface area (Å²) in [6.07, 6.45) is 3.67. The molecule has 2 aromatic heterocycles. The molecule has 30 heavy (non-hydrogen) atoms. The second kappa shape index (κ2) is 8.78. The van der Waals surface area contributed by atoms with E-state index < -0.39 is 5.91 Å². The number of rotatable bonds is 6. The van der Waals surface area contributed by atoms with Crippen LogP contribution in [0.4, 0.5) is 5.82 Å². The van der Waals surface area contributed by atoms with Crippen molar-refractivity contribution in [2.45, 2.75) is 19.4 Å². The van der Waals surface area contributed by atoms with Crippen molar-refractivity contribution in [3.8, 4) is 5.82 Å². The predicted molar refractivity (Wildman–Crippen MR) is 109 cm³/mol. The summed E-state index contributed by atoms with van der Waals surface area (Å²) >= 11 is 12.0. The second-order valence-electron chi connectivity index (χ2n) is 6.77. The van der Waals surface area contributed by atoms with E-state index in [1.165, 1.54) is 15.8 Å². The first kappa shape index (κ1) is 20.3. The lowest BCUT2D eigenvalue weighted by Gasteiger charge is -2.12. The zero-order valence-corrected chi connectivity index (χ0v) is 17.2. The standard InChI is InChI=1S/C17H17Cl2N9O2/c18-11-4-3-10(12(19)7-11)8-21-23-17(29)14-13(9-27-5-1-2-6-27)28(26-22-14)16-15(20)24-30-25-16/h3-4,7-8H,1-2,5-6,9H2,(H2,20,24)(H,23,29)/p+1. The number of nitrogens with one attached hydrogen (secondary N) is 2. The summed E-state index contributed by atoms with van der Waals surface area (Å²) in [6.45, 7) is 2.51. The van der Waals surface area contributed by atoms with Crippen LogP contribution in [0.25, 0.3) is 5.82 Å². The smallest absolute Gasteiger partial charge is 0.294 e. The van der Waals surface area contributed by atoms with E-state index in [-0.39, 0.29) is 17.3 Å². The molecule has 1 aliphatic heterocycles. The Morgan fingerprint density at radius 1 is 1.33 bits per heavy atom. The summed E-state index contributed by atoms with van der Waals surface area (Å²) in [5, 5.41) is 20.3. The minimum Gasteiger partial charge on any atom is -0.378 e. The number of nitrogens with two attached hydrogens (primary N) is 1. The van der Waals surface area contributed by atoms with Crippen molar-refractivity contribution in [3.63, 3.8) is 0 Å². The molecule has 156 valence electrons. The average molecular weight is 451 g/mol. The molecule has 0 atom stereocenters. The molecule has 1 saturated heterocycles. The van der Waals surface area contributed by atoms with E-state index in [4.69, 9.17) is 28.9 Å². The summed E-state index contributed by atoms with van der Waals surface area (Å²) < 4.78 is 6.04. The van der Waals surface area contributed by atoms with Crippen LogP contribution in [-0.4, -0.2) is 50.5 Å². The number of nitrogens with zero attached hydrogens (tertiary/aromatic N) is 6. The van der Waals surface area contributed by atoms with E-state index >= 15 is 0 Å². The number of aromatic nitrogens is 5. The van der Waals surface area contributed by atoms with E-state index in [0.717, 1.165) is 25.9 Å². The molecule has 3 heterocycles. The number of anilines is 1. The number of likely N-dealkylation sites (tertiary alicyclic amines) is 1. The fraction of sp³-hybridized carbons (Fsp3) is 0.294. The number of nitrogen functional groups attached to an aromatic ring is 1. The highest BCUT2D eigenvalue weighted by Gasteiger charge is 2.28. The van der Waals surface area contributed by atoms with Crippen LogP contribution >= 0.6 is 23.2 Å². The number of carbonyl (C=O) groups is 1. The van der Waals surface area contributed by atoms with Crippen LogP contribution in [0.5, 0.6) is 0 Å². The predicted octanol–water partition coefficient (Wildman–Crippen LogP) is 0.482. The van der Waals surface area contributed by atoms with Gasteiger partial charge in [0.25, 0.3) is 5.91 Å². The second-order valence-corrected chi connectivity index (χ2v) is 7.61. The Hall–Kier alpha value is -3.02. The third kappa shape index (κ3) is 4.27. The maximum atomic E-state index is 12.7. The van der Waals surface area contributed by atoms with Gasteiger partial charge in [0.1, 0.15) is 12.2 Å². The Morgan fingerprint density at radius 2 is 2.13 bits per heavy atom. The first-order valence-electron chi connectivity index (χ1n) is 9.18. The Labute approximate surface area is 180 Å². The van der Waals surface area contributed by atoms with Gasteiger partial charge >= 0.3 is 0 Å². The van der Waals surface area contributed by atoms with Crippen molar-refractivity contribution < 1.29 is 14.3 Å². The van der Waals surface area contributed by atoms with Gasteiger partial charge in [0.2, 0.25) is 11.6 Å². The van der Waals surface area contributed by atoms with Gasteiger partial charge in [-0.1, -0.05) is 34.5 Å². The minimum atomic E-state index is -0.522. The van der Waals surface area contributed by atoms with Gasteiger partial charge < -0.3 is 10.6 Å². The van der Waals surface area contributed by atoms with E-state index in [9.17, 15) is 4.79 Å².